The SMILES string of the molecule is CC(=O)Nc1ccc(C)cc1NC(=O)/C=C/c1cn(-c2ccccc2)nc1-c1cccnc1. The molecular formula is C26H23N5O2. The molecule has 2 aromatic heterocycles. The predicted octanol–water partition coefficient (Wildman–Crippen LogP) is 4.85. The van der Waals surface area contributed by atoms with Crippen molar-refractivity contribution in [2.24, 2.45) is 0 Å². The van der Waals surface area contributed by atoms with Crippen LogP contribution in [-0.2, 0) is 9.59 Å². The average Bonchev–Trinajstić information content (AvgIpc) is 3.25. The van der Waals surface area contributed by atoms with Crippen LogP contribution in [0, 0.1) is 6.92 Å². The molecule has 2 aromatic carbocycles. The molecule has 4 aromatic rings. The van der Waals surface area contributed by atoms with E-state index in [-0.39, 0.29) is 11.8 Å². The number of hydrogen-bond donors (Lipinski definition) is 2. The lowest BCUT2D eigenvalue weighted by atomic mass is 10.1. The Labute approximate surface area is 191 Å². The molecule has 0 unspecified atom stereocenters. The van der Waals surface area contributed by atoms with E-state index in [0.717, 1.165) is 22.4 Å². The van der Waals surface area contributed by atoms with Crippen molar-refractivity contribution in [1.82, 2.24) is 14.8 Å². The van der Waals surface area contributed by atoms with Gasteiger partial charge >= 0.3 is 0 Å². The average molecular weight is 438 g/mol. The van der Waals surface area contributed by atoms with Crippen LogP contribution in [0.2, 0.25) is 0 Å². The van der Waals surface area contributed by atoms with Crippen LogP contribution in [0.15, 0.2) is 85.3 Å². The van der Waals surface area contributed by atoms with Gasteiger partial charge in [-0.1, -0.05) is 24.3 Å². The molecule has 0 aliphatic heterocycles. The zero-order valence-electron chi connectivity index (χ0n) is 18.3. The van der Waals surface area contributed by atoms with Crippen LogP contribution in [0.5, 0.6) is 0 Å². The third kappa shape index (κ3) is 5.40. The van der Waals surface area contributed by atoms with Gasteiger partial charge in [-0.2, -0.15) is 5.10 Å². The first-order chi connectivity index (χ1) is 16.0. The number of aryl methyl sites for hydroxylation is 1. The number of para-hydroxylation sites is 1. The minimum atomic E-state index is -0.322. The first-order valence-electron chi connectivity index (χ1n) is 10.4. The second-order valence-electron chi connectivity index (χ2n) is 7.51. The summed E-state index contributed by atoms with van der Waals surface area (Å²) in [7, 11) is 0. The van der Waals surface area contributed by atoms with E-state index < -0.39 is 0 Å². The molecule has 0 saturated heterocycles. The van der Waals surface area contributed by atoms with Crippen molar-refractivity contribution in [3.8, 4) is 16.9 Å². The molecule has 0 saturated carbocycles. The number of hydrogen-bond acceptors (Lipinski definition) is 4. The lowest BCUT2D eigenvalue weighted by molar-refractivity contribution is -0.114. The summed E-state index contributed by atoms with van der Waals surface area (Å²) in [6.07, 6.45) is 8.48. The number of rotatable bonds is 6. The van der Waals surface area contributed by atoms with Gasteiger partial charge in [-0.15, -0.1) is 0 Å². The molecule has 0 fully saturated rings. The Bertz CT molecular complexity index is 1310. The van der Waals surface area contributed by atoms with Gasteiger partial charge in [0.1, 0.15) is 5.69 Å². The van der Waals surface area contributed by atoms with Gasteiger partial charge in [0, 0.05) is 42.7 Å². The number of nitrogens with zero attached hydrogens (tertiary/aromatic N) is 3. The molecule has 0 spiro atoms. The first-order valence-corrected chi connectivity index (χ1v) is 10.4. The molecular weight excluding hydrogens is 414 g/mol. The summed E-state index contributed by atoms with van der Waals surface area (Å²) < 4.78 is 1.77. The molecule has 7 heteroatoms. The van der Waals surface area contributed by atoms with Gasteiger partial charge in [-0.25, -0.2) is 4.68 Å². The first kappa shape index (κ1) is 21.7. The number of benzene rings is 2. The molecule has 7 nitrogen and oxygen atoms in total. The van der Waals surface area contributed by atoms with Crippen molar-refractivity contribution < 1.29 is 9.59 Å². The molecule has 0 bridgehead atoms. The number of anilines is 2. The van der Waals surface area contributed by atoms with Crippen LogP contribution >= 0.6 is 0 Å². The molecule has 0 aliphatic rings. The van der Waals surface area contributed by atoms with Crippen LogP contribution in [0.4, 0.5) is 11.4 Å². The van der Waals surface area contributed by atoms with E-state index >= 15 is 0 Å². The third-order valence-electron chi connectivity index (χ3n) is 4.86. The summed E-state index contributed by atoms with van der Waals surface area (Å²) >= 11 is 0. The molecule has 164 valence electrons. The Hall–Kier alpha value is -4.52. The molecule has 0 atom stereocenters. The van der Waals surface area contributed by atoms with E-state index in [4.69, 9.17) is 5.10 Å². The van der Waals surface area contributed by atoms with Crippen LogP contribution < -0.4 is 10.6 Å². The standard InChI is InChI=1S/C26H23N5O2/c1-18-10-12-23(28-19(2)32)24(15-18)29-25(33)13-11-21-17-31(22-8-4-3-5-9-22)30-26(21)20-7-6-14-27-16-20/h3-17H,1-2H3,(H,28,32)(H,29,33)/b13-11+. The topological polar surface area (TPSA) is 88.9 Å². The highest BCUT2D eigenvalue weighted by Crippen LogP contribution is 2.25. The maximum absolute atomic E-state index is 12.7. The molecule has 0 radical (unpaired) electrons. The number of nitrogens with one attached hydrogen (secondary N) is 2. The van der Waals surface area contributed by atoms with E-state index in [1.165, 1.54) is 13.0 Å². The monoisotopic (exact) mass is 437 g/mol. The van der Waals surface area contributed by atoms with Gasteiger partial charge in [-0.3, -0.25) is 14.6 Å². The van der Waals surface area contributed by atoms with Crippen molar-refractivity contribution in [1.29, 1.82) is 0 Å². The van der Waals surface area contributed by atoms with Crippen LogP contribution in [0.1, 0.15) is 18.1 Å². The highest BCUT2D eigenvalue weighted by molar-refractivity contribution is 6.05. The van der Waals surface area contributed by atoms with E-state index in [9.17, 15) is 9.59 Å². The second kappa shape index (κ2) is 9.74. The van der Waals surface area contributed by atoms with Crippen molar-refractivity contribution in [3.63, 3.8) is 0 Å². The Morgan fingerprint density at radius 2 is 1.79 bits per heavy atom. The minimum Gasteiger partial charge on any atom is -0.325 e. The maximum Gasteiger partial charge on any atom is 0.248 e. The maximum atomic E-state index is 12.7. The molecule has 4 rings (SSSR count). The zero-order valence-corrected chi connectivity index (χ0v) is 18.3. The van der Waals surface area contributed by atoms with Gasteiger partial charge < -0.3 is 10.6 Å². The quantitative estimate of drug-likeness (QED) is 0.422. The van der Waals surface area contributed by atoms with E-state index in [1.54, 1.807) is 29.2 Å². The fourth-order valence-corrected chi connectivity index (χ4v) is 3.35. The van der Waals surface area contributed by atoms with Gasteiger partial charge in [0.25, 0.3) is 0 Å². The van der Waals surface area contributed by atoms with Gasteiger partial charge in [0.05, 0.1) is 17.1 Å². The normalized spacial score (nSPS) is 10.8. The summed E-state index contributed by atoms with van der Waals surface area (Å²) in [5, 5.41) is 10.3. The summed E-state index contributed by atoms with van der Waals surface area (Å²) in [5.41, 5.74) is 5.28. The number of carbonyl (C=O) groups is 2. The number of amides is 2. The summed E-state index contributed by atoms with van der Waals surface area (Å²) in [5.74, 6) is -0.531. The molecule has 0 aliphatic carbocycles. The van der Waals surface area contributed by atoms with Crippen molar-refractivity contribution in [3.05, 3.63) is 96.5 Å². The number of carbonyl (C=O) groups excluding carboxylic acids is 2. The summed E-state index contributed by atoms with van der Waals surface area (Å²) in [6, 6.07) is 19.0. The molecule has 33 heavy (non-hydrogen) atoms. The van der Waals surface area contributed by atoms with Crippen LogP contribution in [0.3, 0.4) is 0 Å². The minimum absolute atomic E-state index is 0.209. The van der Waals surface area contributed by atoms with E-state index in [1.807, 2.05) is 67.7 Å². The highest BCUT2D eigenvalue weighted by atomic mass is 16.2. The lowest BCUT2D eigenvalue weighted by Gasteiger charge is -2.11. The Morgan fingerprint density at radius 1 is 0.970 bits per heavy atom. The molecule has 2 heterocycles. The largest absolute Gasteiger partial charge is 0.325 e. The predicted molar refractivity (Wildman–Crippen MR) is 130 cm³/mol. The fourth-order valence-electron chi connectivity index (χ4n) is 3.35. The summed E-state index contributed by atoms with van der Waals surface area (Å²) in [4.78, 5) is 28.4. The fraction of sp³-hybridized carbons (Fsp3) is 0.0769. The zero-order chi connectivity index (χ0) is 23.2. The second-order valence-corrected chi connectivity index (χ2v) is 7.51. The van der Waals surface area contributed by atoms with Crippen LogP contribution in [-0.4, -0.2) is 26.6 Å². The molecule has 2 N–H and O–H groups in total. The van der Waals surface area contributed by atoms with Crippen molar-refractivity contribution in [2.75, 3.05) is 10.6 Å². The Kier molecular flexibility index (Phi) is 6.40. The van der Waals surface area contributed by atoms with Crippen LogP contribution in [0.25, 0.3) is 23.0 Å². The Morgan fingerprint density at radius 3 is 2.52 bits per heavy atom. The van der Waals surface area contributed by atoms with Crippen molar-refractivity contribution in [2.45, 2.75) is 13.8 Å². The number of aromatic nitrogens is 3. The molecule has 2 amide bonds. The summed E-state index contributed by atoms with van der Waals surface area (Å²) in [6.45, 7) is 3.34. The van der Waals surface area contributed by atoms with E-state index in [0.29, 0.717) is 17.1 Å². The Balaban J connectivity index is 1.63. The van der Waals surface area contributed by atoms with Gasteiger partial charge in [0.15, 0.2) is 0 Å². The third-order valence-corrected chi connectivity index (χ3v) is 4.86. The lowest BCUT2D eigenvalue weighted by Crippen LogP contribution is -2.13. The number of pyridine rings is 1. The van der Waals surface area contributed by atoms with Crippen molar-refractivity contribution >= 4 is 29.3 Å². The highest BCUT2D eigenvalue weighted by Gasteiger charge is 2.12. The van der Waals surface area contributed by atoms with Gasteiger partial charge in [0.2, 0.25) is 11.8 Å². The van der Waals surface area contributed by atoms with Gasteiger partial charge in [-0.05, 0) is 55.0 Å². The smallest absolute Gasteiger partial charge is 0.248 e. The van der Waals surface area contributed by atoms with E-state index in [2.05, 4.69) is 15.6 Å².